The van der Waals surface area contributed by atoms with E-state index in [1.165, 1.54) is 15.6 Å². The van der Waals surface area contributed by atoms with Crippen LogP contribution in [0.1, 0.15) is 15.4 Å². The van der Waals surface area contributed by atoms with Gasteiger partial charge in [0.05, 0.1) is 24.7 Å². The Labute approximate surface area is 167 Å². The monoisotopic (exact) mass is 429 g/mol. The molecule has 1 aliphatic rings. The molecule has 2 aromatic rings. The van der Waals surface area contributed by atoms with Crippen molar-refractivity contribution in [3.05, 3.63) is 39.9 Å². The molecular weight excluding hydrogens is 410 g/mol. The number of benzene rings is 1. The zero-order valence-corrected chi connectivity index (χ0v) is 17.2. The third kappa shape index (κ3) is 5.05. The van der Waals surface area contributed by atoms with Crippen LogP contribution in [0.5, 0.6) is 0 Å². The van der Waals surface area contributed by atoms with E-state index >= 15 is 0 Å². The predicted molar refractivity (Wildman–Crippen MR) is 106 cm³/mol. The molecule has 0 atom stereocenters. The Bertz CT molecular complexity index is 924. The van der Waals surface area contributed by atoms with Gasteiger partial charge in [-0.25, -0.2) is 13.4 Å². The predicted octanol–water partition coefficient (Wildman–Crippen LogP) is 2.16. The SMILES string of the molecule is Cc1nc(-c2cccc(Cl)c2)sc1C(=O)NCCS(=O)(=O)N1CCOCC1. The van der Waals surface area contributed by atoms with Crippen molar-refractivity contribution >= 4 is 38.9 Å². The summed E-state index contributed by atoms with van der Waals surface area (Å²) in [6, 6.07) is 7.26. The molecule has 2 heterocycles. The number of halogens is 1. The highest BCUT2D eigenvalue weighted by molar-refractivity contribution is 7.89. The van der Waals surface area contributed by atoms with Gasteiger partial charge in [-0.15, -0.1) is 11.3 Å². The van der Waals surface area contributed by atoms with Crippen LogP contribution in [0.2, 0.25) is 5.02 Å². The summed E-state index contributed by atoms with van der Waals surface area (Å²) >= 11 is 7.27. The Balaban J connectivity index is 1.61. The Morgan fingerprint density at radius 3 is 2.81 bits per heavy atom. The average molecular weight is 430 g/mol. The van der Waals surface area contributed by atoms with Crippen molar-refractivity contribution in [1.82, 2.24) is 14.6 Å². The second kappa shape index (κ2) is 8.66. The summed E-state index contributed by atoms with van der Waals surface area (Å²) in [5.41, 5.74) is 1.44. The fourth-order valence-corrected chi connectivity index (χ4v) is 5.17. The first kappa shape index (κ1) is 20.2. The molecule has 0 spiro atoms. The average Bonchev–Trinajstić information content (AvgIpc) is 3.04. The maximum atomic E-state index is 12.4. The van der Waals surface area contributed by atoms with E-state index < -0.39 is 10.0 Å². The number of carbonyl (C=O) groups is 1. The van der Waals surface area contributed by atoms with E-state index in [0.29, 0.717) is 46.9 Å². The highest BCUT2D eigenvalue weighted by atomic mass is 35.5. The molecule has 0 aliphatic carbocycles. The summed E-state index contributed by atoms with van der Waals surface area (Å²) in [5.74, 6) is -0.465. The van der Waals surface area contributed by atoms with Gasteiger partial charge in [0.15, 0.2) is 0 Å². The second-order valence-electron chi connectivity index (χ2n) is 6.03. The van der Waals surface area contributed by atoms with Crippen molar-refractivity contribution in [1.29, 1.82) is 0 Å². The molecule has 0 radical (unpaired) electrons. The molecule has 1 amide bonds. The number of nitrogens with one attached hydrogen (secondary N) is 1. The van der Waals surface area contributed by atoms with Crippen LogP contribution >= 0.6 is 22.9 Å². The maximum absolute atomic E-state index is 12.4. The van der Waals surface area contributed by atoms with Crippen molar-refractivity contribution < 1.29 is 17.9 Å². The van der Waals surface area contributed by atoms with Crippen molar-refractivity contribution in [3.8, 4) is 10.6 Å². The summed E-state index contributed by atoms with van der Waals surface area (Å²) in [6.45, 7) is 3.31. The first-order chi connectivity index (χ1) is 12.9. The number of thiazole rings is 1. The molecule has 27 heavy (non-hydrogen) atoms. The summed E-state index contributed by atoms with van der Waals surface area (Å²) in [6.07, 6.45) is 0. The molecule has 3 rings (SSSR count). The third-order valence-corrected chi connectivity index (χ3v) is 7.40. The molecular formula is C17H20ClN3O4S2. The van der Waals surface area contributed by atoms with Crippen LogP contribution in [0, 0.1) is 6.92 Å². The lowest BCUT2D eigenvalue weighted by atomic mass is 10.2. The molecule has 0 saturated carbocycles. The molecule has 1 aliphatic heterocycles. The van der Waals surface area contributed by atoms with Gasteiger partial charge in [0.2, 0.25) is 10.0 Å². The van der Waals surface area contributed by atoms with Crippen molar-refractivity contribution in [3.63, 3.8) is 0 Å². The largest absolute Gasteiger partial charge is 0.379 e. The van der Waals surface area contributed by atoms with E-state index in [9.17, 15) is 13.2 Å². The molecule has 7 nitrogen and oxygen atoms in total. The number of nitrogens with zero attached hydrogens (tertiary/aromatic N) is 2. The summed E-state index contributed by atoms with van der Waals surface area (Å²) in [5, 5.41) is 3.97. The summed E-state index contributed by atoms with van der Waals surface area (Å²) in [7, 11) is -3.40. The number of aryl methyl sites for hydroxylation is 1. The first-order valence-electron chi connectivity index (χ1n) is 8.44. The van der Waals surface area contributed by atoms with Gasteiger partial charge in [0.1, 0.15) is 9.88 Å². The van der Waals surface area contributed by atoms with Crippen LogP contribution in [0.3, 0.4) is 0 Å². The van der Waals surface area contributed by atoms with Crippen LogP contribution in [0.25, 0.3) is 10.6 Å². The first-order valence-corrected chi connectivity index (χ1v) is 11.2. The number of ether oxygens (including phenoxy) is 1. The number of hydrogen-bond acceptors (Lipinski definition) is 6. The maximum Gasteiger partial charge on any atom is 0.263 e. The summed E-state index contributed by atoms with van der Waals surface area (Å²) in [4.78, 5) is 17.3. The quantitative estimate of drug-likeness (QED) is 0.760. The highest BCUT2D eigenvalue weighted by Crippen LogP contribution is 2.29. The minimum Gasteiger partial charge on any atom is -0.379 e. The van der Waals surface area contributed by atoms with Crippen LogP contribution in [0.15, 0.2) is 24.3 Å². The Morgan fingerprint density at radius 1 is 1.37 bits per heavy atom. The summed E-state index contributed by atoms with van der Waals surface area (Å²) < 4.78 is 31.1. The smallest absolute Gasteiger partial charge is 0.263 e. The standard InChI is InChI=1S/C17H20ClN3O4S2/c1-12-15(26-17(20-12)13-3-2-4-14(18)11-13)16(22)19-5-10-27(23,24)21-6-8-25-9-7-21/h2-4,11H,5-10H2,1H3,(H,19,22). The number of amides is 1. The van der Waals surface area contributed by atoms with E-state index in [-0.39, 0.29) is 18.2 Å². The Kier molecular flexibility index (Phi) is 6.48. The van der Waals surface area contributed by atoms with Crippen molar-refractivity contribution in [2.75, 3.05) is 38.6 Å². The van der Waals surface area contributed by atoms with E-state index in [1.807, 2.05) is 12.1 Å². The number of sulfonamides is 1. The van der Waals surface area contributed by atoms with Gasteiger partial charge < -0.3 is 10.1 Å². The molecule has 1 fully saturated rings. The normalized spacial score (nSPS) is 15.6. The van der Waals surface area contributed by atoms with Gasteiger partial charge in [0.25, 0.3) is 5.91 Å². The van der Waals surface area contributed by atoms with Crippen LogP contribution in [-0.4, -0.2) is 62.2 Å². The Morgan fingerprint density at radius 2 is 2.11 bits per heavy atom. The zero-order chi connectivity index (χ0) is 19.4. The zero-order valence-electron chi connectivity index (χ0n) is 14.8. The minimum atomic E-state index is -3.40. The molecule has 10 heteroatoms. The Hall–Kier alpha value is -1.52. The topological polar surface area (TPSA) is 88.6 Å². The van der Waals surface area contributed by atoms with Gasteiger partial charge in [-0.3, -0.25) is 4.79 Å². The van der Waals surface area contributed by atoms with E-state index in [2.05, 4.69) is 10.3 Å². The fraction of sp³-hybridized carbons (Fsp3) is 0.412. The molecule has 146 valence electrons. The van der Waals surface area contributed by atoms with Crippen LogP contribution < -0.4 is 5.32 Å². The number of morpholine rings is 1. The van der Waals surface area contributed by atoms with E-state index in [4.69, 9.17) is 16.3 Å². The lowest BCUT2D eigenvalue weighted by molar-refractivity contribution is 0.0730. The van der Waals surface area contributed by atoms with Crippen molar-refractivity contribution in [2.24, 2.45) is 0 Å². The highest BCUT2D eigenvalue weighted by Gasteiger charge is 2.24. The molecule has 1 aromatic heterocycles. The number of rotatable bonds is 6. The van der Waals surface area contributed by atoms with E-state index in [0.717, 1.165) is 5.56 Å². The van der Waals surface area contributed by atoms with Gasteiger partial charge >= 0.3 is 0 Å². The molecule has 0 bridgehead atoms. The van der Waals surface area contributed by atoms with Crippen LogP contribution in [0.4, 0.5) is 0 Å². The van der Waals surface area contributed by atoms with Crippen molar-refractivity contribution in [2.45, 2.75) is 6.92 Å². The molecule has 1 N–H and O–H groups in total. The van der Waals surface area contributed by atoms with Gasteiger partial charge in [0, 0.05) is 30.2 Å². The molecule has 1 aromatic carbocycles. The third-order valence-electron chi connectivity index (χ3n) is 4.08. The number of carbonyl (C=O) groups excluding carboxylic acids is 1. The minimum absolute atomic E-state index is 0.0440. The molecule has 0 unspecified atom stereocenters. The van der Waals surface area contributed by atoms with Crippen LogP contribution in [-0.2, 0) is 14.8 Å². The second-order valence-corrected chi connectivity index (χ2v) is 9.55. The fourth-order valence-electron chi connectivity index (χ4n) is 2.68. The lowest BCUT2D eigenvalue weighted by Gasteiger charge is -2.26. The molecule has 1 saturated heterocycles. The van der Waals surface area contributed by atoms with E-state index in [1.54, 1.807) is 19.1 Å². The lowest BCUT2D eigenvalue weighted by Crippen LogP contribution is -2.43. The number of hydrogen-bond donors (Lipinski definition) is 1. The van der Waals surface area contributed by atoms with Gasteiger partial charge in [-0.05, 0) is 19.1 Å². The number of aromatic nitrogens is 1. The van der Waals surface area contributed by atoms with Gasteiger partial charge in [-0.1, -0.05) is 23.7 Å². The van der Waals surface area contributed by atoms with Gasteiger partial charge in [-0.2, -0.15) is 4.31 Å².